The molecular weight excluding hydrogens is 827 g/mol. The Kier molecular flexibility index (Phi) is 12.6. The summed E-state index contributed by atoms with van der Waals surface area (Å²) in [5.74, 6) is 1.21. The van der Waals surface area contributed by atoms with E-state index in [9.17, 15) is 9.90 Å². The molecule has 4 nitrogen and oxygen atoms in total. The van der Waals surface area contributed by atoms with E-state index in [1.807, 2.05) is 47.7 Å². The first-order valence-electron chi connectivity index (χ1n) is 18.0. The number of aliphatic hydroxyl groups excluding tert-OH is 1. The zero-order valence-corrected chi connectivity index (χ0v) is 35.0. The van der Waals surface area contributed by atoms with Crippen LogP contribution in [0.5, 0.6) is 0 Å². The van der Waals surface area contributed by atoms with E-state index in [4.69, 9.17) is 9.40 Å². The van der Waals surface area contributed by atoms with Crippen molar-refractivity contribution in [2.24, 2.45) is 10.8 Å². The Bertz CT molecular complexity index is 2170. The maximum atomic E-state index is 12.2. The molecule has 1 radical (unpaired) electrons. The third-order valence-electron chi connectivity index (χ3n) is 11.0. The summed E-state index contributed by atoms with van der Waals surface area (Å²) in [6.45, 7) is 21.0. The van der Waals surface area contributed by atoms with Crippen molar-refractivity contribution in [1.29, 1.82) is 0 Å². The summed E-state index contributed by atoms with van der Waals surface area (Å²) in [4.78, 5) is 17.0. The third kappa shape index (κ3) is 7.94. The average molecular weight is 879 g/mol. The molecule has 0 amide bonds. The molecule has 0 aliphatic heterocycles. The zero-order valence-electron chi connectivity index (χ0n) is 31.8. The van der Waals surface area contributed by atoms with E-state index in [0.29, 0.717) is 0 Å². The van der Waals surface area contributed by atoms with Gasteiger partial charge in [-0.3, -0.25) is 9.78 Å². The second-order valence-corrected chi connectivity index (χ2v) is 16.0. The number of thiophene rings is 1. The Balaban J connectivity index is 0.000000279. The minimum atomic E-state index is -0.337. The van der Waals surface area contributed by atoms with Crippen LogP contribution in [0, 0.1) is 23.8 Å². The second-order valence-electron chi connectivity index (χ2n) is 15.1. The van der Waals surface area contributed by atoms with E-state index in [0.717, 1.165) is 70.2 Å². The van der Waals surface area contributed by atoms with Crippen LogP contribution >= 0.6 is 11.3 Å². The number of hydrogen-bond acceptors (Lipinski definition) is 5. The minimum Gasteiger partial charge on any atom is -0.512 e. The molecule has 0 saturated heterocycles. The number of carbonyl (C=O) groups excluding carboxylic acids is 1. The second kappa shape index (κ2) is 16.0. The molecule has 0 saturated carbocycles. The third-order valence-corrected chi connectivity index (χ3v) is 12.0. The average Bonchev–Trinajstić information content (AvgIpc) is 3.70. The first-order chi connectivity index (χ1) is 23.7. The topological polar surface area (TPSA) is 63.3 Å². The van der Waals surface area contributed by atoms with E-state index in [2.05, 4.69) is 99.8 Å². The van der Waals surface area contributed by atoms with E-state index < -0.39 is 0 Å². The molecule has 6 rings (SSSR count). The number of furan rings is 1. The fourth-order valence-electron chi connectivity index (χ4n) is 6.41. The predicted octanol–water partition coefficient (Wildman–Crippen LogP) is 13.6. The minimum absolute atomic E-state index is 0. The summed E-state index contributed by atoms with van der Waals surface area (Å²) >= 11 is 1.75. The Morgan fingerprint density at radius 2 is 1.47 bits per heavy atom. The van der Waals surface area contributed by atoms with Gasteiger partial charge in [-0.1, -0.05) is 110 Å². The van der Waals surface area contributed by atoms with Crippen LogP contribution in [-0.2, 0) is 30.3 Å². The number of benzene rings is 3. The number of aliphatic hydroxyl groups is 1. The summed E-state index contributed by atoms with van der Waals surface area (Å²) < 4.78 is 7.87. The van der Waals surface area contributed by atoms with Crippen LogP contribution in [-0.4, -0.2) is 15.9 Å². The number of carbonyl (C=O) groups is 1. The molecule has 0 spiro atoms. The van der Waals surface area contributed by atoms with Crippen LogP contribution in [0.4, 0.5) is 0 Å². The summed E-state index contributed by atoms with van der Waals surface area (Å²) in [5.41, 5.74) is 5.62. The summed E-state index contributed by atoms with van der Waals surface area (Å²) in [5, 5.41) is 17.0. The Labute approximate surface area is 321 Å². The largest absolute Gasteiger partial charge is 0.512 e. The number of rotatable bonds is 9. The Hall–Kier alpha value is -3.57. The maximum absolute atomic E-state index is 12.2. The van der Waals surface area contributed by atoms with Gasteiger partial charge in [-0.15, -0.1) is 40.5 Å². The zero-order chi connectivity index (χ0) is 36.4. The van der Waals surface area contributed by atoms with Gasteiger partial charge in [0.15, 0.2) is 5.78 Å². The van der Waals surface area contributed by atoms with Gasteiger partial charge >= 0.3 is 0 Å². The van der Waals surface area contributed by atoms with E-state index in [1.165, 1.54) is 27.1 Å². The molecule has 271 valence electrons. The van der Waals surface area contributed by atoms with Crippen molar-refractivity contribution in [3.63, 3.8) is 0 Å². The monoisotopic (exact) mass is 879 g/mol. The van der Waals surface area contributed by atoms with E-state index >= 15 is 0 Å². The Morgan fingerprint density at radius 1 is 0.863 bits per heavy atom. The van der Waals surface area contributed by atoms with Gasteiger partial charge in [-0.05, 0) is 50.2 Å². The van der Waals surface area contributed by atoms with Crippen molar-refractivity contribution in [2.75, 3.05) is 0 Å². The molecular formula is C45H52IrNO3S-. The quantitative estimate of drug-likeness (QED) is 0.0893. The normalized spacial score (nSPS) is 12.5. The molecule has 0 unspecified atom stereocenters. The summed E-state index contributed by atoms with van der Waals surface area (Å²) in [7, 11) is 0. The van der Waals surface area contributed by atoms with E-state index in [-0.39, 0.29) is 47.9 Å². The van der Waals surface area contributed by atoms with Crippen molar-refractivity contribution in [2.45, 2.75) is 100 Å². The number of aryl methyl sites for hydroxylation is 1. The number of fused-ring (bicyclic) bond motifs is 3. The van der Waals surface area contributed by atoms with Crippen molar-refractivity contribution in [3.8, 4) is 22.6 Å². The van der Waals surface area contributed by atoms with Crippen LogP contribution in [0.25, 0.3) is 54.4 Å². The number of allylic oxidation sites excluding steroid dienone is 2. The van der Waals surface area contributed by atoms with Crippen molar-refractivity contribution < 1.29 is 34.4 Å². The molecule has 0 atom stereocenters. The molecule has 6 heteroatoms. The molecule has 3 heterocycles. The van der Waals surface area contributed by atoms with Crippen molar-refractivity contribution in [1.82, 2.24) is 4.98 Å². The molecule has 3 aromatic heterocycles. The fourth-order valence-corrected chi connectivity index (χ4v) is 7.35. The van der Waals surface area contributed by atoms with Gasteiger partial charge in [-0.2, -0.15) is 0 Å². The molecule has 1 N–H and O–H groups in total. The summed E-state index contributed by atoms with van der Waals surface area (Å²) in [6, 6.07) is 24.9. The van der Waals surface area contributed by atoms with Crippen LogP contribution in [0.15, 0.2) is 88.5 Å². The predicted molar refractivity (Wildman–Crippen MR) is 213 cm³/mol. The van der Waals surface area contributed by atoms with Crippen molar-refractivity contribution >= 4 is 48.9 Å². The first-order valence-corrected chi connectivity index (χ1v) is 18.8. The van der Waals surface area contributed by atoms with Crippen LogP contribution in [0.2, 0.25) is 0 Å². The first kappa shape index (κ1) is 40.2. The number of nitrogens with zero attached hydrogens (tertiary/aromatic N) is 1. The summed E-state index contributed by atoms with van der Waals surface area (Å²) in [6.07, 6.45) is 6.64. The molecule has 3 aromatic carbocycles. The Morgan fingerprint density at radius 3 is 2.10 bits per heavy atom. The van der Waals surface area contributed by atoms with Gasteiger partial charge in [0.25, 0.3) is 0 Å². The van der Waals surface area contributed by atoms with Gasteiger partial charge in [0.1, 0.15) is 17.1 Å². The number of hydrogen-bond donors (Lipinski definition) is 1. The van der Waals surface area contributed by atoms with Crippen molar-refractivity contribution in [3.05, 3.63) is 101 Å². The molecule has 0 fully saturated rings. The van der Waals surface area contributed by atoms with Crippen LogP contribution in [0.3, 0.4) is 0 Å². The smallest absolute Gasteiger partial charge is 0.164 e. The van der Waals surface area contributed by atoms with Gasteiger partial charge in [0.05, 0.1) is 0 Å². The van der Waals surface area contributed by atoms with Gasteiger partial charge in [0.2, 0.25) is 0 Å². The maximum Gasteiger partial charge on any atom is 0.164 e. The van der Waals surface area contributed by atoms with Gasteiger partial charge in [-0.25, -0.2) is 0 Å². The molecule has 0 aliphatic rings. The van der Waals surface area contributed by atoms with Gasteiger partial charge < -0.3 is 9.52 Å². The van der Waals surface area contributed by atoms with Crippen LogP contribution < -0.4 is 0 Å². The molecule has 51 heavy (non-hydrogen) atoms. The molecule has 0 aliphatic carbocycles. The standard InChI is InChI=1S/C30H24NOS.C15H28O2.Ir/c1-18-21-13-14-31-27(20-15-19-9-5-6-10-22(19)25(16-20)30(2,3)4)29(21)32-28(18)24-17-33-26-12-8-7-11-23(24)26;1-7-14(5,8-2)12(16)11-13(17)15(6,9-3)10-4;/h5-14,16-17H,1-4H3;11,16H,7-10H2,1-6H3;/q-1;;/b;12-11-;. The molecule has 6 aromatic rings. The van der Waals surface area contributed by atoms with E-state index in [1.54, 1.807) is 11.3 Å². The molecule has 0 bridgehead atoms. The number of ketones is 1. The number of aromatic nitrogens is 1. The number of pyridine rings is 1. The van der Waals surface area contributed by atoms with Crippen LogP contribution in [0.1, 0.15) is 99.1 Å². The SMILES string of the molecule is CCC(C)(CC)C(=O)/C=C(\O)C(C)(CC)CC.Cc1c(-c2csc3ccccc23)oc2c(-c3[c-]c4ccccc4c(C(C)(C)C)c3)nccc12.[Ir]. The van der Waals surface area contributed by atoms with Gasteiger partial charge in [0, 0.05) is 80.9 Å². The fraction of sp³-hybridized carbons (Fsp3) is 0.378.